The molecule has 4 heteroatoms. The molecule has 0 bridgehead atoms. The lowest BCUT2D eigenvalue weighted by Gasteiger charge is -2.26. The van der Waals surface area contributed by atoms with Gasteiger partial charge < -0.3 is 15.4 Å². The molecule has 0 aromatic heterocycles. The zero-order valence-corrected chi connectivity index (χ0v) is 11.9. The van der Waals surface area contributed by atoms with Crippen LogP contribution in [0.3, 0.4) is 0 Å². The van der Waals surface area contributed by atoms with Gasteiger partial charge in [0.05, 0.1) is 0 Å². The number of amides is 1. The van der Waals surface area contributed by atoms with Crippen molar-refractivity contribution in [3.05, 3.63) is 0 Å². The molecule has 0 aromatic carbocycles. The standard InChI is InChI=1S/C14H28N2O2/c1-16(10-3-11-18-2)14(17)9-6-12-4-7-13(15)8-5-12/h12-13H,3-11,15H2,1-2H3. The highest BCUT2D eigenvalue weighted by Gasteiger charge is 2.19. The maximum Gasteiger partial charge on any atom is 0.222 e. The second-order valence-electron chi connectivity index (χ2n) is 5.48. The zero-order valence-electron chi connectivity index (χ0n) is 11.9. The first-order valence-electron chi connectivity index (χ1n) is 7.12. The third-order valence-corrected chi connectivity index (χ3v) is 3.93. The number of methoxy groups -OCH3 is 1. The Morgan fingerprint density at radius 2 is 2.00 bits per heavy atom. The molecule has 0 saturated heterocycles. The molecule has 1 fully saturated rings. The lowest BCUT2D eigenvalue weighted by atomic mass is 9.84. The fourth-order valence-electron chi connectivity index (χ4n) is 2.57. The van der Waals surface area contributed by atoms with Crippen molar-refractivity contribution in [2.75, 3.05) is 27.3 Å². The molecular weight excluding hydrogens is 228 g/mol. The van der Waals surface area contributed by atoms with Crippen LogP contribution in [0.2, 0.25) is 0 Å². The minimum Gasteiger partial charge on any atom is -0.385 e. The summed E-state index contributed by atoms with van der Waals surface area (Å²) in [5, 5.41) is 0. The van der Waals surface area contributed by atoms with Crippen LogP contribution < -0.4 is 5.73 Å². The quantitative estimate of drug-likeness (QED) is 0.706. The van der Waals surface area contributed by atoms with E-state index in [1.165, 1.54) is 12.8 Å². The summed E-state index contributed by atoms with van der Waals surface area (Å²) in [6, 6.07) is 0.397. The molecule has 4 nitrogen and oxygen atoms in total. The summed E-state index contributed by atoms with van der Waals surface area (Å²) in [6.07, 6.45) is 7.27. The summed E-state index contributed by atoms with van der Waals surface area (Å²) in [6.45, 7) is 1.51. The Morgan fingerprint density at radius 3 is 2.61 bits per heavy atom. The molecule has 0 unspecified atom stereocenters. The normalized spacial score (nSPS) is 23.9. The van der Waals surface area contributed by atoms with Gasteiger partial charge in [-0.2, -0.15) is 0 Å². The second kappa shape index (κ2) is 8.48. The van der Waals surface area contributed by atoms with E-state index < -0.39 is 0 Å². The van der Waals surface area contributed by atoms with Gasteiger partial charge in [0.15, 0.2) is 0 Å². The van der Waals surface area contributed by atoms with E-state index in [1.54, 1.807) is 7.11 Å². The van der Waals surface area contributed by atoms with Crippen LogP contribution in [0.4, 0.5) is 0 Å². The molecular formula is C14H28N2O2. The maximum atomic E-state index is 11.9. The summed E-state index contributed by atoms with van der Waals surface area (Å²) in [4.78, 5) is 13.7. The Kier molecular flexibility index (Phi) is 7.28. The SMILES string of the molecule is COCCCN(C)C(=O)CCC1CCC(N)CC1. The van der Waals surface area contributed by atoms with Crippen LogP contribution in [-0.2, 0) is 9.53 Å². The summed E-state index contributed by atoms with van der Waals surface area (Å²) in [7, 11) is 3.57. The summed E-state index contributed by atoms with van der Waals surface area (Å²) in [5.41, 5.74) is 5.88. The fourth-order valence-corrected chi connectivity index (χ4v) is 2.57. The Morgan fingerprint density at radius 1 is 1.33 bits per heavy atom. The number of hydrogen-bond donors (Lipinski definition) is 1. The summed E-state index contributed by atoms with van der Waals surface area (Å²) < 4.78 is 4.99. The van der Waals surface area contributed by atoms with Crippen molar-refractivity contribution in [1.29, 1.82) is 0 Å². The number of nitrogens with two attached hydrogens (primary N) is 1. The van der Waals surface area contributed by atoms with Gasteiger partial charge in [0.2, 0.25) is 5.91 Å². The van der Waals surface area contributed by atoms with Crippen LogP contribution in [-0.4, -0.2) is 44.2 Å². The van der Waals surface area contributed by atoms with E-state index in [-0.39, 0.29) is 5.91 Å². The van der Waals surface area contributed by atoms with Gasteiger partial charge in [0, 0.05) is 39.8 Å². The molecule has 2 N–H and O–H groups in total. The van der Waals surface area contributed by atoms with E-state index in [9.17, 15) is 4.79 Å². The van der Waals surface area contributed by atoms with Crippen LogP contribution >= 0.6 is 0 Å². The molecule has 0 spiro atoms. The molecule has 106 valence electrons. The number of nitrogens with zero attached hydrogens (tertiary/aromatic N) is 1. The number of carbonyl (C=O) groups excluding carboxylic acids is 1. The molecule has 1 saturated carbocycles. The highest BCUT2D eigenvalue weighted by Crippen LogP contribution is 2.26. The number of ether oxygens (including phenoxy) is 1. The van der Waals surface area contributed by atoms with Gasteiger partial charge in [0.1, 0.15) is 0 Å². The van der Waals surface area contributed by atoms with Gasteiger partial charge >= 0.3 is 0 Å². The third-order valence-electron chi connectivity index (χ3n) is 3.93. The van der Waals surface area contributed by atoms with Gasteiger partial charge in [0.25, 0.3) is 0 Å². The average Bonchev–Trinajstić information content (AvgIpc) is 2.38. The van der Waals surface area contributed by atoms with Crippen molar-refractivity contribution in [2.24, 2.45) is 11.7 Å². The lowest BCUT2D eigenvalue weighted by molar-refractivity contribution is -0.130. The molecule has 1 aliphatic carbocycles. The van der Waals surface area contributed by atoms with Crippen LogP contribution in [0.15, 0.2) is 0 Å². The molecule has 0 atom stereocenters. The molecule has 0 radical (unpaired) electrons. The van der Waals surface area contributed by atoms with Gasteiger partial charge in [-0.1, -0.05) is 0 Å². The van der Waals surface area contributed by atoms with Crippen molar-refractivity contribution in [3.63, 3.8) is 0 Å². The highest BCUT2D eigenvalue weighted by atomic mass is 16.5. The molecule has 1 aliphatic rings. The average molecular weight is 256 g/mol. The van der Waals surface area contributed by atoms with Crippen molar-refractivity contribution >= 4 is 5.91 Å². The van der Waals surface area contributed by atoms with E-state index in [2.05, 4.69) is 0 Å². The van der Waals surface area contributed by atoms with Crippen molar-refractivity contribution in [2.45, 2.75) is 51.0 Å². The third kappa shape index (κ3) is 5.83. The number of rotatable bonds is 7. The second-order valence-corrected chi connectivity index (χ2v) is 5.48. The Bertz CT molecular complexity index is 238. The van der Waals surface area contributed by atoms with E-state index in [0.717, 1.165) is 38.8 Å². The molecule has 1 amide bonds. The minimum absolute atomic E-state index is 0.265. The fraction of sp³-hybridized carbons (Fsp3) is 0.929. The van der Waals surface area contributed by atoms with E-state index >= 15 is 0 Å². The summed E-state index contributed by atoms with van der Waals surface area (Å²) >= 11 is 0. The van der Waals surface area contributed by atoms with Crippen molar-refractivity contribution in [3.8, 4) is 0 Å². The van der Waals surface area contributed by atoms with E-state index in [1.807, 2.05) is 11.9 Å². The van der Waals surface area contributed by atoms with Crippen molar-refractivity contribution < 1.29 is 9.53 Å². The smallest absolute Gasteiger partial charge is 0.222 e. The predicted molar refractivity (Wildman–Crippen MR) is 73.3 cm³/mol. The van der Waals surface area contributed by atoms with Gasteiger partial charge in [-0.05, 0) is 44.4 Å². The Hall–Kier alpha value is -0.610. The van der Waals surface area contributed by atoms with E-state index in [0.29, 0.717) is 18.4 Å². The van der Waals surface area contributed by atoms with Crippen LogP contribution in [0.25, 0.3) is 0 Å². The monoisotopic (exact) mass is 256 g/mol. The lowest BCUT2D eigenvalue weighted by Crippen LogP contribution is -2.30. The first-order valence-corrected chi connectivity index (χ1v) is 7.12. The maximum absolute atomic E-state index is 11.9. The highest BCUT2D eigenvalue weighted by molar-refractivity contribution is 5.75. The van der Waals surface area contributed by atoms with Crippen LogP contribution in [0.1, 0.15) is 44.9 Å². The van der Waals surface area contributed by atoms with Crippen LogP contribution in [0, 0.1) is 5.92 Å². The topological polar surface area (TPSA) is 55.6 Å². The predicted octanol–water partition coefficient (Wildman–Crippen LogP) is 1.78. The molecule has 0 heterocycles. The molecule has 18 heavy (non-hydrogen) atoms. The van der Waals surface area contributed by atoms with Crippen molar-refractivity contribution in [1.82, 2.24) is 4.90 Å². The molecule has 0 aliphatic heterocycles. The van der Waals surface area contributed by atoms with Gasteiger partial charge in [-0.25, -0.2) is 0 Å². The Labute approximate surface area is 111 Å². The number of carbonyl (C=O) groups is 1. The van der Waals surface area contributed by atoms with Gasteiger partial charge in [-0.3, -0.25) is 4.79 Å². The largest absolute Gasteiger partial charge is 0.385 e. The van der Waals surface area contributed by atoms with Gasteiger partial charge in [-0.15, -0.1) is 0 Å². The Balaban J connectivity index is 2.12. The first-order chi connectivity index (χ1) is 8.63. The summed E-state index contributed by atoms with van der Waals surface area (Å²) in [5.74, 6) is 0.974. The molecule has 1 rings (SSSR count). The number of hydrogen-bond acceptors (Lipinski definition) is 3. The first kappa shape index (κ1) is 15.4. The van der Waals surface area contributed by atoms with E-state index in [4.69, 9.17) is 10.5 Å². The van der Waals surface area contributed by atoms with Crippen LogP contribution in [0.5, 0.6) is 0 Å². The zero-order chi connectivity index (χ0) is 13.4. The minimum atomic E-state index is 0.265. The molecule has 0 aromatic rings.